The van der Waals surface area contributed by atoms with Gasteiger partial charge in [0.25, 0.3) is 0 Å². The Bertz CT molecular complexity index is 577. The molecule has 13 nitrogen and oxygen atoms in total. The van der Waals surface area contributed by atoms with E-state index < -0.39 is 64.0 Å². The zero-order chi connectivity index (χ0) is 24.0. The van der Waals surface area contributed by atoms with Gasteiger partial charge in [-0.25, -0.2) is 0 Å². The third-order valence-corrected chi connectivity index (χ3v) is 5.24. The van der Waals surface area contributed by atoms with Crippen molar-refractivity contribution in [3.63, 3.8) is 0 Å². The summed E-state index contributed by atoms with van der Waals surface area (Å²) in [5.74, 6) is 0. The number of nitrogens with zero attached hydrogens (tertiary/aromatic N) is 3. The molecule has 0 aliphatic heterocycles. The number of nitro groups is 3. The van der Waals surface area contributed by atoms with Crippen LogP contribution < -0.4 is 0 Å². The number of rotatable bonds is 19. The number of carbonyl (C=O) groups excluding carboxylic acids is 1. The Morgan fingerprint density at radius 3 is 1.55 bits per heavy atom. The number of unbranched alkanes of at least 4 members (excludes halogenated alkanes) is 4. The highest BCUT2D eigenvalue weighted by molar-refractivity contribution is 5.50. The first-order valence-electron chi connectivity index (χ1n) is 10.4. The van der Waals surface area contributed by atoms with Crippen LogP contribution in [0, 0.1) is 30.3 Å². The lowest BCUT2D eigenvalue weighted by Crippen LogP contribution is -2.46. The Labute approximate surface area is 179 Å². The van der Waals surface area contributed by atoms with E-state index in [0.717, 1.165) is 12.8 Å². The Morgan fingerprint density at radius 1 is 0.710 bits per heavy atom. The van der Waals surface area contributed by atoms with Crippen molar-refractivity contribution >= 4 is 6.29 Å². The molecule has 3 N–H and O–H groups in total. The summed E-state index contributed by atoms with van der Waals surface area (Å²) in [7, 11) is 0. The van der Waals surface area contributed by atoms with E-state index in [9.17, 15) is 50.5 Å². The van der Waals surface area contributed by atoms with Crippen LogP contribution in [-0.2, 0) is 4.79 Å². The molecule has 6 atom stereocenters. The molecule has 0 saturated carbocycles. The average molecular weight is 450 g/mol. The highest BCUT2D eigenvalue weighted by Crippen LogP contribution is 2.21. The van der Waals surface area contributed by atoms with Crippen molar-refractivity contribution in [3.8, 4) is 0 Å². The van der Waals surface area contributed by atoms with Crippen LogP contribution in [0.1, 0.15) is 71.1 Å². The lowest BCUT2D eigenvalue weighted by Gasteiger charge is -2.23. The van der Waals surface area contributed by atoms with Gasteiger partial charge < -0.3 is 15.3 Å². The van der Waals surface area contributed by atoms with E-state index in [4.69, 9.17) is 0 Å². The predicted octanol–water partition coefficient (Wildman–Crippen LogP) is 1.04. The lowest BCUT2D eigenvalue weighted by molar-refractivity contribution is -0.578. The highest BCUT2D eigenvalue weighted by Gasteiger charge is 2.44. The summed E-state index contributed by atoms with van der Waals surface area (Å²) < 4.78 is 0. The van der Waals surface area contributed by atoms with E-state index in [-0.39, 0.29) is 25.7 Å². The fraction of sp³-hybridized carbons (Fsp3) is 0.944. The number of aliphatic hydroxyl groups excluding tert-OH is 3. The van der Waals surface area contributed by atoms with Crippen LogP contribution in [0.3, 0.4) is 0 Å². The average Bonchev–Trinajstić information content (AvgIpc) is 2.68. The first kappa shape index (κ1) is 28.8. The minimum absolute atomic E-state index is 0.0587. The molecule has 0 aliphatic carbocycles. The predicted molar refractivity (Wildman–Crippen MR) is 108 cm³/mol. The molecule has 0 spiro atoms. The molecule has 0 heterocycles. The van der Waals surface area contributed by atoms with Gasteiger partial charge in [-0.3, -0.25) is 35.1 Å². The molecule has 0 aromatic heterocycles. The second-order valence-electron chi connectivity index (χ2n) is 7.62. The zero-order valence-corrected chi connectivity index (χ0v) is 17.6. The first-order chi connectivity index (χ1) is 14.6. The maximum atomic E-state index is 11.4. The Hall–Kier alpha value is -2.25. The van der Waals surface area contributed by atoms with Crippen LogP contribution in [-0.4, -0.2) is 72.8 Å². The van der Waals surface area contributed by atoms with Crippen LogP contribution in [0.5, 0.6) is 0 Å². The Balaban J connectivity index is 5.21. The summed E-state index contributed by atoms with van der Waals surface area (Å²) in [5.41, 5.74) is 0. The van der Waals surface area contributed by atoms with Crippen LogP contribution >= 0.6 is 0 Å². The quantitative estimate of drug-likeness (QED) is 0.145. The number of hydrogen-bond acceptors (Lipinski definition) is 10. The molecule has 0 aliphatic rings. The van der Waals surface area contributed by atoms with Crippen LogP contribution in [0.25, 0.3) is 0 Å². The molecule has 1 radical (unpaired) electrons. The van der Waals surface area contributed by atoms with Gasteiger partial charge >= 0.3 is 0 Å². The van der Waals surface area contributed by atoms with Crippen molar-refractivity contribution in [1.29, 1.82) is 0 Å². The van der Waals surface area contributed by atoms with Crippen molar-refractivity contribution in [3.05, 3.63) is 30.3 Å². The van der Waals surface area contributed by atoms with Crippen molar-refractivity contribution in [2.24, 2.45) is 0 Å². The molecule has 13 heteroatoms. The van der Waals surface area contributed by atoms with E-state index in [0.29, 0.717) is 12.8 Å². The summed E-state index contributed by atoms with van der Waals surface area (Å²) >= 11 is 0. The molecule has 0 rings (SSSR count). The second kappa shape index (κ2) is 15.5. The van der Waals surface area contributed by atoms with Gasteiger partial charge in [0.2, 0.25) is 18.1 Å². The van der Waals surface area contributed by atoms with Crippen molar-refractivity contribution in [2.45, 2.75) is 108 Å². The van der Waals surface area contributed by atoms with Gasteiger partial charge in [-0.1, -0.05) is 32.6 Å². The number of hydrogen-bond donors (Lipinski definition) is 3. The van der Waals surface area contributed by atoms with Gasteiger partial charge in [0.05, 0.1) is 12.8 Å². The molecule has 0 amide bonds. The smallest absolute Gasteiger partial charge is 0.245 e. The minimum Gasteiger partial charge on any atom is -0.386 e. The fourth-order valence-electron chi connectivity index (χ4n) is 3.34. The SMILES string of the molecule is CCCCCC(O)C(CC(C(O)CC(C(O)CCCC[C]=O)[N+](=O)[O-])[N+](=O)[O-])[N+](=O)[O-]. The molecule has 0 aromatic rings. The second-order valence-corrected chi connectivity index (χ2v) is 7.62. The van der Waals surface area contributed by atoms with Crippen molar-refractivity contribution in [2.75, 3.05) is 0 Å². The van der Waals surface area contributed by atoms with Gasteiger partial charge in [0, 0.05) is 21.2 Å². The Morgan fingerprint density at radius 2 is 1.13 bits per heavy atom. The van der Waals surface area contributed by atoms with E-state index >= 15 is 0 Å². The molecule has 31 heavy (non-hydrogen) atoms. The van der Waals surface area contributed by atoms with Crippen LogP contribution in [0.4, 0.5) is 0 Å². The van der Waals surface area contributed by atoms with E-state index in [1.54, 1.807) is 6.29 Å². The van der Waals surface area contributed by atoms with Crippen LogP contribution in [0.15, 0.2) is 0 Å². The lowest BCUT2D eigenvalue weighted by atomic mass is 9.91. The molecule has 179 valence electrons. The summed E-state index contributed by atoms with van der Waals surface area (Å²) in [6, 6.07) is -5.35. The standard InChI is InChI=1S/C18H32N3O10/c1-2-3-5-8-16(23)13(19(26)27)11-14(20(28)29)18(25)12-15(21(30)31)17(24)9-6-4-7-10-22/h13-18,23-25H,2-9,11-12H2,1H3. The largest absolute Gasteiger partial charge is 0.386 e. The molecule has 6 unspecified atom stereocenters. The Kier molecular flexibility index (Phi) is 14.4. The maximum Gasteiger partial charge on any atom is 0.245 e. The molecule has 0 aromatic carbocycles. The van der Waals surface area contributed by atoms with E-state index in [1.165, 1.54) is 0 Å². The monoisotopic (exact) mass is 450 g/mol. The van der Waals surface area contributed by atoms with Gasteiger partial charge in [-0.05, 0) is 19.3 Å². The molecular weight excluding hydrogens is 418 g/mol. The van der Waals surface area contributed by atoms with Crippen molar-refractivity contribution < 1.29 is 34.9 Å². The van der Waals surface area contributed by atoms with Gasteiger partial charge in [0.15, 0.2) is 6.29 Å². The molecule has 0 fully saturated rings. The highest BCUT2D eigenvalue weighted by atomic mass is 16.6. The zero-order valence-electron chi connectivity index (χ0n) is 17.6. The summed E-state index contributed by atoms with van der Waals surface area (Å²) in [5, 5.41) is 64.5. The van der Waals surface area contributed by atoms with Gasteiger partial charge in [0.1, 0.15) is 18.3 Å². The summed E-state index contributed by atoms with van der Waals surface area (Å²) in [6.07, 6.45) is -2.09. The molecular formula is C18H32N3O10. The fourth-order valence-corrected chi connectivity index (χ4v) is 3.34. The van der Waals surface area contributed by atoms with Gasteiger partial charge in [-0.15, -0.1) is 0 Å². The minimum atomic E-state index is -1.94. The summed E-state index contributed by atoms with van der Waals surface area (Å²) in [6.45, 7) is 1.90. The molecule has 0 bridgehead atoms. The third kappa shape index (κ3) is 11.1. The summed E-state index contributed by atoms with van der Waals surface area (Å²) in [4.78, 5) is 41.6. The topological polar surface area (TPSA) is 207 Å². The van der Waals surface area contributed by atoms with Gasteiger partial charge in [-0.2, -0.15) is 0 Å². The third-order valence-electron chi connectivity index (χ3n) is 5.24. The van der Waals surface area contributed by atoms with E-state index in [2.05, 4.69) is 0 Å². The van der Waals surface area contributed by atoms with E-state index in [1.807, 2.05) is 6.92 Å². The number of aliphatic hydroxyl groups is 3. The first-order valence-corrected chi connectivity index (χ1v) is 10.4. The normalized spacial score (nSPS) is 17.2. The van der Waals surface area contributed by atoms with Crippen LogP contribution in [0.2, 0.25) is 0 Å². The van der Waals surface area contributed by atoms with Crippen molar-refractivity contribution in [1.82, 2.24) is 0 Å². The molecule has 0 saturated heterocycles. The maximum absolute atomic E-state index is 11.4.